The Morgan fingerprint density at radius 1 is 1.14 bits per heavy atom. The van der Waals surface area contributed by atoms with E-state index in [1.807, 2.05) is 29.6 Å². The summed E-state index contributed by atoms with van der Waals surface area (Å²) < 4.78 is 0. The van der Waals surface area contributed by atoms with Crippen molar-refractivity contribution in [3.05, 3.63) is 59.5 Å². The summed E-state index contributed by atoms with van der Waals surface area (Å²) >= 11 is 2.82. The number of aromatic nitrogens is 3. The molecule has 0 radical (unpaired) electrons. The summed E-state index contributed by atoms with van der Waals surface area (Å²) in [7, 11) is 0. The molecule has 4 rings (SSSR count). The lowest BCUT2D eigenvalue weighted by molar-refractivity contribution is -0.113. The maximum Gasteiger partial charge on any atom is 0.236 e. The van der Waals surface area contributed by atoms with E-state index in [4.69, 9.17) is 0 Å². The number of thioether (sulfide) groups is 1. The fourth-order valence-electron chi connectivity index (χ4n) is 3.03. The molecule has 0 aliphatic rings. The third-order valence-corrected chi connectivity index (χ3v) is 5.98. The molecule has 5 nitrogen and oxygen atoms in total. The zero-order chi connectivity index (χ0) is 20.2. The van der Waals surface area contributed by atoms with Crippen molar-refractivity contribution in [3.63, 3.8) is 0 Å². The van der Waals surface area contributed by atoms with E-state index in [1.54, 1.807) is 0 Å². The van der Waals surface area contributed by atoms with E-state index in [1.165, 1.54) is 28.7 Å². The summed E-state index contributed by atoms with van der Waals surface area (Å²) in [6.07, 6.45) is 1.07. The van der Waals surface area contributed by atoms with Crippen LogP contribution in [0.15, 0.2) is 59.1 Å². The maximum absolute atomic E-state index is 12.3. The highest BCUT2D eigenvalue weighted by Crippen LogP contribution is 2.26. The van der Waals surface area contributed by atoms with Gasteiger partial charge < -0.3 is 10.3 Å². The van der Waals surface area contributed by atoms with E-state index < -0.39 is 0 Å². The normalized spacial score (nSPS) is 11.3. The van der Waals surface area contributed by atoms with Crippen LogP contribution in [0.2, 0.25) is 0 Å². The zero-order valence-electron chi connectivity index (χ0n) is 16.3. The first-order valence-corrected chi connectivity index (χ1v) is 11.4. The summed E-state index contributed by atoms with van der Waals surface area (Å²) in [5, 5.41) is 6.20. The molecule has 0 saturated carbocycles. The van der Waals surface area contributed by atoms with Gasteiger partial charge >= 0.3 is 0 Å². The van der Waals surface area contributed by atoms with Gasteiger partial charge in [0, 0.05) is 10.9 Å². The number of carbonyl (C=O) groups is 1. The number of aromatic amines is 1. The van der Waals surface area contributed by atoms with Crippen molar-refractivity contribution in [1.29, 1.82) is 0 Å². The van der Waals surface area contributed by atoms with Gasteiger partial charge in [-0.15, -0.1) is 11.3 Å². The summed E-state index contributed by atoms with van der Waals surface area (Å²) in [6.45, 7) is 4.44. The lowest BCUT2D eigenvalue weighted by Crippen LogP contribution is -2.13. The van der Waals surface area contributed by atoms with Crippen LogP contribution >= 0.6 is 23.1 Å². The predicted molar refractivity (Wildman–Crippen MR) is 122 cm³/mol. The molecule has 2 N–H and O–H groups in total. The van der Waals surface area contributed by atoms with Gasteiger partial charge in [-0.1, -0.05) is 62.0 Å². The first-order chi connectivity index (χ1) is 14.1. The molecule has 0 unspecified atom stereocenters. The fourth-order valence-corrected chi connectivity index (χ4v) is 4.45. The molecule has 0 bridgehead atoms. The van der Waals surface area contributed by atoms with Crippen LogP contribution in [0.3, 0.4) is 0 Å². The van der Waals surface area contributed by atoms with Crippen molar-refractivity contribution in [2.75, 3.05) is 11.1 Å². The lowest BCUT2D eigenvalue weighted by Gasteiger charge is -2.05. The zero-order valence-corrected chi connectivity index (χ0v) is 17.9. The second-order valence-corrected chi connectivity index (χ2v) is 9.05. The molecule has 0 aliphatic heterocycles. The molecule has 0 saturated heterocycles. The number of hydrogen-bond acceptors (Lipinski definition) is 5. The minimum Gasteiger partial charge on any atom is -0.333 e. The topological polar surface area (TPSA) is 70.7 Å². The van der Waals surface area contributed by atoms with Crippen molar-refractivity contribution in [2.24, 2.45) is 5.92 Å². The standard InChI is InChI=1S/C22H22N4OS2/c1-14(2)11-15-7-9-16(10-8-15)19-12-28-22(25-19)26-20(27)13-29-21-23-17-5-3-4-6-18(17)24-21/h3-10,12,14H,11,13H2,1-2H3,(H,23,24)(H,25,26,27). The Bertz CT molecular complexity index is 1080. The van der Waals surface area contributed by atoms with Gasteiger partial charge in [0.1, 0.15) is 0 Å². The fraction of sp³-hybridized carbons (Fsp3) is 0.227. The van der Waals surface area contributed by atoms with E-state index in [9.17, 15) is 4.79 Å². The number of nitrogens with one attached hydrogen (secondary N) is 2. The smallest absolute Gasteiger partial charge is 0.236 e. The van der Waals surface area contributed by atoms with Crippen LogP contribution in [0.4, 0.5) is 5.13 Å². The van der Waals surface area contributed by atoms with E-state index >= 15 is 0 Å². The highest BCUT2D eigenvalue weighted by molar-refractivity contribution is 7.99. The first kappa shape index (κ1) is 19.7. The molecular weight excluding hydrogens is 400 g/mol. The molecule has 2 heterocycles. The van der Waals surface area contributed by atoms with Gasteiger partial charge in [0.15, 0.2) is 10.3 Å². The van der Waals surface area contributed by atoms with Crippen LogP contribution in [-0.4, -0.2) is 26.6 Å². The van der Waals surface area contributed by atoms with Gasteiger partial charge in [-0.3, -0.25) is 4.79 Å². The number of fused-ring (bicyclic) bond motifs is 1. The largest absolute Gasteiger partial charge is 0.333 e. The number of nitrogens with zero attached hydrogens (tertiary/aromatic N) is 2. The summed E-state index contributed by atoms with van der Waals surface area (Å²) in [5.41, 5.74) is 5.14. The Balaban J connectivity index is 1.34. The number of rotatable bonds is 7. The molecule has 0 spiro atoms. The maximum atomic E-state index is 12.3. The molecule has 0 atom stereocenters. The number of amides is 1. The summed E-state index contributed by atoms with van der Waals surface area (Å²) in [4.78, 5) is 24.5. The van der Waals surface area contributed by atoms with Crippen molar-refractivity contribution < 1.29 is 4.79 Å². The monoisotopic (exact) mass is 422 g/mol. The average Bonchev–Trinajstić information content (AvgIpc) is 3.33. The number of H-pyrrole nitrogens is 1. The molecule has 0 fully saturated rings. The molecule has 2 aromatic carbocycles. The molecule has 0 aliphatic carbocycles. The van der Waals surface area contributed by atoms with Crippen LogP contribution in [0.5, 0.6) is 0 Å². The van der Waals surface area contributed by atoms with Crippen molar-refractivity contribution in [1.82, 2.24) is 15.0 Å². The highest BCUT2D eigenvalue weighted by Gasteiger charge is 2.10. The lowest BCUT2D eigenvalue weighted by atomic mass is 10.0. The van der Waals surface area contributed by atoms with Crippen LogP contribution in [0.25, 0.3) is 22.3 Å². The number of thiazole rings is 1. The Labute approximate surface area is 178 Å². The minimum atomic E-state index is -0.0939. The van der Waals surface area contributed by atoms with Gasteiger partial charge in [-0.25, -0.2) is 9.97 Å². The SMILES string of the molecule is CC(C)Cc1ccc(-c2csc(NC(=O)CSc3nc4ccccc4[nH]3)n2)cc1. The molecule has 2 aromatic heterocycles. The first-order valence-electron chi connectivity index (χ1n) is 9.49. The number of para-hydroxylation sites is 2. The number of carbonyl (C=O) groups excluding carboxylic acids is 1. The average molecular weight is 423 g/mol. The third kappa shape index (κ3) is 5.05. The minimum absolute atomic E-state index is 0.0939. The molecule has 29 heavy (non-hydrogen) atoms. The van der Waals surface area contributed by atoms with Gasteiger partial charge in [0.25, 0.3) is 0 Å². The Morgan fingerprint density at radius 3 is 2.69 bits per heavy atom. The van der Waals surface area contributed by atoms with Crippen molar-refractivity contribution in [2.45, 2.75) is 25.4 Å². The number of anilines is 1. The van der Waals surface area contributed by atoms with Gasteiger partial charge in [-0.05, 0) is 30.0 Å². The Morgan fingerprint density at radius 2 is 1.93 bits per heavy atom. The quantitative estimate of drug-likeness (QED) is 0.380. The number of imidazole rings is 1. The molecule has 148 valence electrons. The Kier molecular flexibility index (Phi) is 5.97. The van der Waals surface area contributed by atoms with Crippen molar-refractivity contribution >= 4 is 45.2 Å². The van der Waals surface area contributed by atoms with E-state index in [-0.39, 0.29) is 11.7 Å². The second kappa shape index (κ2) is 8.80. The van der Waals surface area contributed by atoms with Crippen molar-refractivity contribution in [3.8, 4) is 11.3 Å². The van der Waals surface area contributed by atoms with Gasteiger partial charge in [-0.2, -0.15) is 0 Å². The Hall–Kier alpha value is -2.64. The van der Waals surface area contributed by atoms with E-state index in [0.717, 1.165) is 33.9 Å². The second-order valence-electron chi connectivity index (χ2n) is 7.23. The van der Waals surface area contributed by atoms with Gasteiger partial charge in [0.2, 0.25) is 5.91 Å². The predicted octanol–water partition coefficient (Wildman–Crippen LogP) is 5.62. The number of hydrogen-bond donors (Lipinski definition) is 2. The summed E-state index contributed by atoms with van der Waals surface area (Å²) in [6, 6.07) is 16.3. The number of benzene rings is 2. The summed E-state index contributed by atoms with van der Waals surface area (Å²) in [5.74, 6) is 0.821. The van der Waals surface area contributed by atoms with E-state index in [2.05, 4.69) is 58.4 Å². The van der Waals surface area contributed by atoms with Crippen LogP contribution in [-0.2, 0) is 11.2 Å². The van der Waals surface area contributed by atoms with Crippen LogP contribution in [0.1, 0.15) is 19.4 Å². The molecule has 4 aromatic rings. The molecule has 7 heteroatoms. The highest BCUT2D eigenvalue weighted by atomic mass is 32.2. The van der Waals surface area contributed by atoms with Crippen LogP contribution < -0.4 is 5.32 Å². The van der Waals surface area contributed by atoms with Gasteiger partial charge in [0.05, 0.1) is 22.5 Å². The van der Waals surface area contributed by atoms with E-state index in [0.29, 0.717) is 11.0 Å². The molecule has 1 amide bonds. The molecular formula is C22H22N4OS2. The third-order valence-electron chi connectivity index (χ3n) is 4.35. The van der Waals surface area contributed by atoms with Crippen LogP contribution in [0, 0.1) is 5.92 Å².